The van der Waals surface area contributed by atoms with Gasteiger partial charge in [0.15, 0.2) is 0 Å². The van der Waals surface area contributed by atoms with E-state index in [1.165, 1.54) is 17.5 Å². The van der Waals surface area contributed by atoms with Gasteiger partial charge in [0.05, 0.1) is 0 Å². The molecule has 1 aromatic rings. The summed E-state index contributed by atoms with van der Waals surface area (Å²) in [6.07, 6.45) is 5.42. The van der Waals surface area contributed by atoms with E-state index in [-0.39, 0.29) is 0 Å². The Morgan fingerprint density at radius 2 is 2.09 bits per heavy atom. The number of halogens is 1. The van der Waals surface area contributed by atoms with Crippen molar-refractivity contribution in [1.29, 1.82) is 0 Å². The van der Waals surface area contributed by atoms with Crippen LogP contribution in [0.1, 0.15) is 51.2 Å². The van der Waals surface area contributed by atoms with Gasteiger partial charge in [-0.25, -0.2) is 0 Å². The molecule has 0 bridgehead atoms. The summed E-state index contributed by atoms with van der Waals surface area (Å²) in [5, 5.41) is 0. The Bertz CT molecular complexity index is 565. The summed E-state index contributed by atoms with van der Waals surface area (Å²) in [5.74, 6) is 1.36. The van der Waals surface area contributed by atoms with Crippen LogP contribution in [0.5, 0.6) is 0 Å². The standard InChI is InChI=1S/C19H26BrNO/c1-12(2)8-17(20)11-14-4-7-18-16(10-14)9-13(3)21(18)19(22)15-5-6-15/h4,7,10,12-13,15,17H,5-6,8-9,11H2,1-3H3. The minimum absolute atomic E-state index is 0.297. The van der Waals surface area contributed by atoms with E-state index in [0.29, 0.717) is 28.6 Å². The molecule has 2 nitrogen and oxygen atoms in total. The number of hydrogen-bond donors (Lipinski definition) is 0. The SMILES string of the molecule is CC(C)CC(Br)Cc1ccc2c(c1)CC(C)N2C(=O)C1CC1. The van der Waals surface area contributed by atoms with E-state index in [1.54, 1.807) is 0 Å². The first-order chi connectivity index (χ1) is 10.5. The largest absolute Gasteiger partial charge is 0.309 e. The first-order valence-electron chi connectivity index (χ1n) is 8.54. The number of carbonyl (C=O) groups is 1. The van der Waals surface area contributed by atoms with Gasteiger partial charge in [0.25, 0.3) is 0 Å². The molecule has 0 N–H and O–H groups in total. The zero-order chi connectivity index (χ0) is 15.9. The van der Waals surface area contributed by atoms with Gasteiger partial charge in [-0.3, -0.25) is 4.79 Å². The summed E-state index contributed by atoms with van der Waals surface area (Å²) in [4.78, 5) is 15.1. The van der Waals surface area contributed by atoms with E-state index in [0.717, 1.165) is 31.4 Å². The van der Waals surface area contributed by atoms with Gasteiger partial charge in [0.2, 0.25) is 5.91 Å². The van der Waals surface area contributed by atoms with Gasteiger partial charge in [-0.1, -0.05) is 41.9 Å². The lowest BCUT2D eigenvalue weighted by molar-refractivity contribution is -0.120. The van der Waals surface area contributed by atoms with Crippen molar-refractivity contribution in [3.8, 4) is 0 Å². The lowest BCUT2D eigenvalue weighted by Crippen LogP contribution is -2.36. The van der Waals surface area contributed by atoms with Crippen molar-refractivity contribution in [2.75, 3.05) is 4.90 Å². The molecule has 120 valence electrons. The number of alkyl halides is 1. The summed E-state index contributed by atoms with van der Waals surface area (Å²) in [5.41, 5.74) is 3.89. The number of carbonyl (C=O) groups excluding carboxylic acids is 1. The van der Waals surface area contributed by atoms with Crippen LogP contribution in [0.2, 0.25) is 0 Å². The number of hydrogen-bond acceptors (Lipinski definition) is 1. The van der Waals surface area contributed by atoms with Crippen molar-refractivity contribution in [1.82, 2.24) is 0 Å². The molecule has 1 aliphatic carbocycles. The molecule has 3 rings (SSSR count). The fourth-order valence-electron chi connectivity index (χ4n) is 3.52. The Kier molecular flexibility index (Phi) is 4.63. The van der Waals surface area contributed by atoms with Crippen LogP contribution in [-0.2, 0) is 17.6 Å². The summed E-state index contributed by atoms with van der Waals surface area (Å²) in [7, 11) is 0. The molecule has 0 saturated heterocycles. The number of nitrogens with zero attached hydrogens (tertiary/aromatic N) is 1. The highest BCUT2D eigenvalue weighted by Crippen LogP contribution is 2.39. The first kappa shape index (κ1) is 16.0. The molecular weight excluding hydrogens is 338 g/mol. The average molecular weight is 364 g/mol. The van der Waals surface area contributed by atoms with Crippen LogP contribution in [0.4, 0.5) is 5.69 Å². The van der Waals surface area contributed by atoms with Gasteiger partial charge in [0, 0.05) is 22.5 Å². The molecule has 3 heteroatoms. The number of fused-ring (bicyclic) bond motifs is 1. The number of benzene rings is 1. The third kappa shape index (κ3) is 3.40. The first-order valence-corrected chi connectivity index (χ1v) is 9.46. The molecule has 0 spiro atoms. The van der Waals surface area contributed by atoms with Crippen molar-refractivity contribution in [3.05, 3.63) is 29.3 Å². The highest BCUT2D eigenvalue weighted by atomic mass is 79.9. The predicted octanol–water partition coefficient (Wildman–Crippen LogP) is 4.73. The fraction of sp³-hybridized carbons (Fsp3) is 0.632. The summed E-state index contributed by atoms with van der Waals surface area (Å²) in [6.45, 7) is 6.70. The number of amides is 1. The predicted molar refractivity (Wildman–Crippen MR) is 95.7 cm³/mol. The third-order valence-corrected chi connectivity index (χ3v) is 5.41. The maximum atomic E-state index is 12.5. The molecule has 1 fully saturated rings. The van der Waals surface area contributed by atoms with Crippen LogP contribution in [0, 0.1) is 11.8 Å². The molecule has 0 radical (unpaired) electrons. The van der Waals surface area contributed by atoms with E-state index < -0.39 is 0 Å². The van der Waals surface area contributed by atoms with Gasteiger partial charge in [-0.05, 0) is 62.1 Å². The Morgan fingerprint density at radius 1 is 1.36 bits per heavy atom. The zero-order valence-electron chi connectivity index (χ0n) is 13.8. The molecule has 1 amide bonds. The minimum Gasteiger partial charge on any atom is -0.309 e. The van der Waals surface area contributed by atoms with E-state index in [2.05, 4.69) is 59.8 Å². The van der Waals surface area contributed by atoms with Gasteiger partial charge in [-0.15, -0.1) is 0 Å². The third-order valence-electron chi connectivity index (χ3n) is 4.71. The lowest BCUT2D eigenvalue weighted by atomic mass is 10.00. The Morgan fingerprint density at radius 3 is 2.73 bits per heavy atom. The van der Waals surface area contributed by atoms with Crippen molar-refractivity contribution >= 4 is 27.5 Å². The van der Waals surface area contributed by atoms with Gasteiger partial charge in [-0.2, -0.15) is 0 Å². The van der Waals surface area contributed by atoms with Crippen molar-refractivity contribution in [3.63, 3.8) is 0 Å². The quantitative estimate of drug-likeness (QED) is 0.692. The monoisotopic (exact) mass is 363 g/mol. The highest BCUT2D eigenvalue weighted by Gasteiger charge is 2.39. The van der Waals surface area contributed by atoms with Crippen LogP contribution < -0.4 is 4.90 Å². The second-order valence-corrected chi connectivity index (χ2v) is 8.72. The molecule has 1 aliphatic heterocycles. The Labute approximate surface area is 142 Å². The highest BCUT2D eigenvalue weighted by molar-refractivity contribution is 9.09. The maximum absolute atomic E-state index is 12.5. The molecule has 1 saturated carbocycles. The Hall–Kier alpha value is -0.830. The minimum atomic E-state index is 0.297. The van der Waals surface area contributed by atoms with Crippen molar-refractivity contribution < 1.29 is 4.79 Å². The second kappa shape index (κ2) is 6.35. The topological polar surface area (TPSA) is 20.3 Å². The summed E-state index contributed by atoms with van der Waals surface area (Å²) in [6, 6.07) is 7.01. The Balaban J connectivity index is 1.74. The molecule has 2 atom stereocenters. The molecule has 0 aromatic heterocycles. The van der Waals surface area contributed by atoms with Crippen molar-refractivity contribution in [2.24, 2.45) is 11.8 Å². The second-order valence-electron chi connectivity index (χ2n) is 7.43. The molecule has 22 heavy (non-hydrogen) atoms. The number of rotatable bonds is 5. The van der Waals surface area contributed by atoms with Crippen LogP contribution in [0.3, 0.4) is 0 Å². The zero-order valence-corrected chi connectivity index (χ0v) is 15.4. The van der Waals surface area contributed by atoms with Crippen LogP contribution in [0.15, 0.2) is 18.2 Å². The van der Waals surface area contributed by atoms with Crippen molar-refractivity contribution in [2.45, 2.75) is 63.7 Å². The molecule has 1 heterocycles. The summed E-state index contributed by atoms with van der Waals surface area (Å²) < 4.78 is 0. The molecule has 2 aliphatic rings. The van der Waals surface area contributed by atoms with E-state index in [9.17, 15) is 4.79 Å². The van der Waals surface area contributed by atoms with Gasteiger partial charge < -0.3 is 4.90 Å². The molecule has 2 unspecified atom stereocenters. The van der Waals surface area contributed by atoms with Crippen LogP contribution in [0.25, 0.3) is 0 Å². The van der Waals surface area contributed by atoms with Crippen LogP contribution in [-0.4, -0.2) is 16.8 Å². The lowest BCUT2D eigenvalue weighted by Gasteiger charge is -2.22. The number of anilines is 1. The van der Waals surface area contributed by atoms with Crippen LogP contribution >= 0.6 is 15.9 Å². The van der Waals surface area contributed by atoms with Gasteiger partial charge >= 0.3 is 0 Å². The van der Waals surface area contributed by atoms with Gasteiger partial charge in [0.1, 0.15) is 0 Å². The molecule has 1 aromatic carbocycles. The van der Waals surface area contributed by atoms with E-state index in [1.807, 2.05) is 0 Å². The van der Waals surface area contributed by atoms with E-state index >= 15 is 0 Å². The summed E-state index contributed by atoms with van der Waals surface area (Å²) >= 11 is 3.81. The molecular formula is C19H26BrNO. The normalized spacial score (nSPS) is 22.0. The smallest absolute Gasteiger partial charge is 0.230 e. The maximum Gasteiger partial charge on any atom is 0.230 e. The average Bonchev–Trinajstić information content (AvgIpc) is 3.20. The van der Waals surface area contributed by atoms with E-state index in [4.69, 9.17) is 0 Å². The fourth-order valence-corrected chi connectivity index (χ4v) is 4.65.